The molecule has 1 aliphatic rings. The molecule has 0 bridgehead atoms. The number of urea groups is 1. The van der Waals surface area contributed by atoms with Crippen LogP contribution in [-0.4, -0.2) is 47.3 Å². The number of aryl methyl sites for hydroxylation is 5. The summed E-state index contributed by atoms with van der Waals surface area (Å²) in [4.78, 5) is 16.7. The molecule has 1 aromatic heterocycles. The van der Waals surface area contributed by atoms with Gasteiger partial charge in [0.25, 0.3) is 0 Å². The van der Waals surface area contributed by atoms with Crippen LogP contribution in [0, 0.1) is 34.6 Å². The lowest BCUT2D eigenvalue weighted by Gasteiger charge is -2.35. The highest BCUT2D eigenvalue weighted by atomic mass is 16.2. The monoisotopic (exact) mass is 429 g/mol. The van der Waals surface area contributed by atoms with E-state index in [0.29, 0.717) is 13.1 Å². The number of nitrogens with zero attached hydrogens (tertiary/aromatic N) is 4. The third-order valence-corrected chi connectivity index (χ3v) is 6.28. The van der Waals surface area contributed by atoms with E-state index >= 15 is 0 Å². The van der Waals surface area contributed by atoms with Crippen molar-refractivity contribution in [2.45, 2.75) is 34.6 Å². The normalized spacial score (nSPS) is 13.9. The molecule has 2 heterocycles. The van der Waals surface area contributed by atoms with E-state index < -0.39 is 0 Å². The van der Waals surface area contributed by atoms with Crippen LogP contribution >= 0.6 is 0 Å². The van der Waals surface area contributed by atoms with Crippen molar-refractivity contribution in [2.75, 3.05) is 36.4 Å². The second kappa shape index (κ2) is 8.99. The van der Waals surface area contributed by atoms with E-state index in [4.69, 9.17) is 0 Å². The number of benzene rings is 2. The molecular weight excluding hydrogens is 398 g/mol. The summed E-state index contributed by atoms with van der Waals surface area (Å²) in [7, 11) is 0. The average molecular weight is 430 g/mol. The molecule has 0 spiro atoms. The minimum Gasteiger partial charge on any atom is -0.352 e. The zero-order valence-corrected chi connectivity index (χ0v) is 19.6. The van der Waals surface area contributed by atoms with Gasteiger partial charge in [-0.05, 0) is 81.1 Å². The second-order valence-electron chi connectivity index (χ2n) is 8.75. The van der Waals surface area contributed by atoms with Gasteiger partial charge < -0.3 is 15.1 Å². The number of anilines is 2. The first-order valence-electron chi connectivity index (χ1n) is 11.1. The summed E-state index contributed by atoms with van der Waals surface area (Å²) in [6.45, 7) is 13.2. The fourth-order valence-corrected chi connectivity index (χ4v) is 4.16. The lowest BCUT2D eigenvalue weighted by molar-refractivity contribution is 0.208. The number of piperazine rings is 1. The Kier molecular flexibility index (Phi) is 6.12. The molecule has 1 N–H and O–H groups in total. The summed E-state index contributed by atoms with van der Waals surface area (Å²) in [6.07, 6.45) is 0. The maximum absolute atomic E-state index is 12.7. The molecule has 3 aromatic rings. The van der Waals surface area contributed by atoms with E-state index in [9.17, 15) is 4.79 Å². The SMILES string of the molecule is Cc1ccc(NC(=O)N2CCN(c3ccc(-c4cc(C)c(C)cc4C)nn3)CC2)c(C)c1. The number of hydrogen-bond acceptors (Lipinski definition) is 4. The van der Waals surface area contributed by atoms with Crippen molar-refractivity contribution in [3.05, 3.63) is 70.3 Å². The summed E-state index contributed by atoms with van der Waals surface area (Å²) >= 11 is 0. The third kappa shape index (κ3) is 4.59. The highest BCUT2D eigenvalue weighted by Crippen LogP contribution is 2.26. The van der Waals surface area contributed by atoms with Gasteiger partial charge in [0.1, 0.15) is 0 Å². The van der Waals surface area contributed by atoms with Crippen molar-refractivity contribution in [2.24, 2.45) is 0 Å². The van der Waals surface area contributed by atoms with Crippen LogP contribution in [0.1, 0.15) is 27.8 Å². The lowest BCUT2D eigenvalue weighted by Crippen LogP contribution is -2.50. The summed E-state index contributed by atoms with van der Waals surface area (Å²) in [5.74, 6) is 0.852. The van der Waals surface area contributed by atoms with Crippen molar-refractivity contribution in [3.63, 3.8) is 0 Å². The first kappa shape index (κ1) is 21.8. The molecule has 2 amide bonds. The molecule has 1 fully saturated rings. The van der Waals surface area contributed by atoms with E-state index in [-0.39, 0.29) is 6.03 Å². The van der Waals surface area contributed by atoms with Crippen LogP contribution in [0.3, 0.4) is 0 Å². The van der Waals surface area contributed by atoms with Crippen molar-refractivity contribution in [3.8, 4) is 11.3 Å². The predicted octanol–water partition coefficient (Wildman–Crippen LogP) is 5.04. The maximum Gasteiger partial charge on any atom is 0.321 e. The smallest absolute Gasteiger partial charge is 0.321 e. The average Bonchev–Trinajstić information content (AvgIpc) is 2.78. The fourth-order valence-electron chi connectivity index (χ4n) is 4.16. The molecule has 0 atom stereocenters. The third-order valence-electron chi connectivity index (χ3n) is 6.28. The molecule has 6 heteroatoms. The number of rotatable bonds is 3. The summed E-state index contributed by atoms with van der Waals surface area (Å²) < 4.78 is 0. The van der Waals surface area contributed by atoms with Gasteiger partial charge in [-0.25, -0.2) is 4.79 Å². The van der Waals surface area contributed by atoms with Crippen molar-refractivity contribution < 1.29 is 4.79 Å². The largest absolute Gasteiger partial charge is 0.352 e. The summed E-state index contributed by atoms with van der Waals surface area (Å²) in [6, 6.07) is 14.5. The Morgan fingerprint density at radius 2 is 1.50 bits per heavy atom. The van der Waals surface area contributed by atoms with E-state index in [0.717, 1.165) is 41.4 Å². The standard InChI is InChI=1S/C26H31N5O/c1-17-6-7-23(21(5)14-17)27-26(32)31-12-10-30(11-13-31)25-9-8-24(28-29-25)22-16-19(3)18(2)15-20(22)4/h6-9,14-16H,10-13H2,1-5H3,(H,27,32). The van der Waals surface area contributed by atoms with E-state index in [2.05, 4.69) is 66.3 Å². The van der Waals surface area contributed by atoms with Crippen LogP contribution in [0.2, 0.25) is 0 Å². The van der Waals surface area contributed by atoms with Gasteiger partial charge in [0.15, 0.2) is 5.82 Å². The van der Waals surface area contributed by atoms with Crippen molar-refractivity contribution >= 4 is 17.5 Å². The highest BCUT2D eigenvalue weighted by molar-refractivity contribution is 5.90. The van der Waals surface area contributed by atoms with Gasteiger partial charge in [-0.3, -0.25) is 0 Å². The Morgan fingerprint density at radius 1 is 0.781 bits per heavy atom. The van der Waals surface area contributed by atoms with E-state index in [1.165, 1.54) is 22.3 Å². The van der Waals surface area contributed by atoms with Crippen LogP contribution in [0.4, 0.5) is 16.3 Å². The van der Waals surface area contributed by atoms with Gasteiger partial charge in [0, 0.05) is 37.4 Å². The van der Waals surface area contributed by atoms with Gasteiger partial charge in [-0.1, -0.05) is 23.8 Å². The van der Waals surface area contributed by atoms with Gasteiger partial charge >= 0.3 is 6.03 Å². The van der Waals surface area contributed by atoms with Gasteiger partial charge in [0.05, 0.1) is 5.69 Å². The number of carbonyl (C=O) groups excluding carboxylic acids is 1. The van der Waals surface area contributed by atoms with Crippen LogP contribution in [0.5, 0.6) is 0 Å². The van der Waals surface area contributed by atoms with Crippen molar-refractivity contribution in [1.82, 2.24) is 15.1 Å². The van der Waals surface area contributed by atoms with Gasteiger partial charge in [0.2, 0.25) is 0 Å². The second-order valence-corrected chi connectivity index (χ2v) is 8.75. The Bertz CT molecular complexity index is 1130. The molecule has 4 rings (SSSR count). The van der Waals surface area contributed by atoms with Crippen molar-refractivity contribution in [1.29, 1.82) is 0 Å². The zero-order chi connectivity index (χ0) is 22.8. The fraction of sp³-hybridized carbons (Fsp3) is 0.346. The molecule has 0 radical (unpaired) electrons. The first-order chi connectivity index (χ1) is 15.3. The molecule has 0 saturated carbocycles. The zero-order valence-electron chi connectivity index (χ0n) is 19.6. The van der Waals surface area contributed by atoms with Crippen LogP contribution in [0.25, 0.3) is 11.3 Å². The molecule has 0 aliphatic carbocycles. The molecule has 6 nitrogen and oxygen atoms in total. The lowest BCUT2D eigenvalue weighted by atomic mass is 9.99. The molecule has 2 aromatic carbocycles. The van der Waals surface area contributed by atoms with E-state index in [1.807, 2.05) is 36.1 Å². The number of carbonyl (C=O) groups is 1. The number of amides is 2. The predicted molar refractivity (Wildman–Crippen MR) is 130 cm³/mol. The molecule has 166 valence electrons. The first-order valence-corrected chi connectivity index (χ1v) is 11.1. The molecular formula is C26H31N5O. The van der Waals surface area contributed by atoms with Gasteiger partial charge in [-0.2, -0.15) is 0 Å². The quantitative estimate of drug-likeness (QED) is 0.634. The molecule has 32 heavy (non-hydrogen) atoms. The Hall–Kier alpha value is -3.41. The Morgan fingerprint density at radius 3 is 2.16 bits per heavy atom. The van der Waals surface area contributed by atoms with Crippen LogP contribution in [0.15, 0.2) is 42.5 Å². The Labute approximate surface area is 190 Å². The van der Waals surface area contributed by atoms with Gasteiger partial charge in [-0.15, -0.1) is 10.2 Å². The number of aromatic nitrogens is 2. The molecule has 1 saturated heterocycles. The Balaban J connectivity index is 1.38. The number of hydrogen-bond donors (Lipinski definition) is 1. The van der Waals surface area contributed by atoms with Crippen LogP contribution < -0.4 is 10.2 Å². The maximum atomic E-state index is 12.7. The topological polar surface area (TPSA) is 61.4 Å². The minimum atomic E-state index is -0.0525. The minimum absolute atomic E-state index is 0.0525. The highest BCUT2D eigenvalue weighted by Gasteiger charge is 2.22. The molecule has 1 aliphatic heterocycles. The summed E-state index contributed by atoms with van der Waals surface area (Å²) in [5, 5.41) is 12.0. The van der Waals surface area contributed by atoms with E-state index in [1.54, 1.807) is 0 Å². The van der Waals surface area contributed by atoms with Crippen LogP contribution in [-0.2, 0) is 0 Å². The summed E-state index contributed by atoms with van der Waals surface area (Å²) in [5.41, 5.74) is 8.90. The number of nitrogens with one attached hydrogen (secondary N) is 1. The molecule has 0 unspecified atom stereocenters.